The topological polar surface area (TPSA) is 70.0 Å². The van der Waals surface area contributed by atoms with Crippen LogP contribution in [-0.4, -0.2) is 76.1 Å². The molecule has 0 saturated carbocycles. The first-order chi connectivity index (χ1) is 11.3. The highest BCUT2D eigenvalue weighted by atomic mass is 15.2. The van der Waals surface area contributed by atoms with E-state index in [1.807, 2.05) is 0 Å². The molecule has 0 aliphatic carbocycles. The van der Waals surface area contributed by atoms with Crippen LogP contribution in [0.2, 0.25) is 0 Å². The van der Waals surface area contributed by atoms with Crippen molar-refractivity contribution in [2.24, 2.45) is 0 Å². The molecule has 0 fully saturated rings. The molecule has 0 aromatic heterocycles. The molecular formula is C18H46N6. The van der Waals surface area contributed by atoms with Crippen molar-refractivity contribution in [2.75, 3.05) is 61.4 Å². The summed E-state index contributed by atoms with van der Waals surface area (Å²) in [5.74, 6) is 17.0. The molecule has 0 aliphatic rings. The second kappa shape index (κ2) is 22.7. The van der Waals surface area contributed by atoms with Crippen LogP contribution < -0.4 is 0 Å². The lowest BCUT2D eigenvalue weighted by atomic mass is 10.4. The van der Waals surface area contributed by atoms with E-state index in [4.69, 9.17) is 17.5 Å². The third-order valence-electron chi connectivity index (χ3n) is 2.31. The molecule has 0 aromatic rings. The molecule has 6 heteroatoms. The van der Waals surface area contributed by atoms with Gasteiger partial charge in [-0.05, 0) is 88.1 Å². The van der Waals surface area contributed by atoms with E-state index in [1.165, 1.54) is 0 Å². The Balaban J connectivity index is -0.0000000194. The smallest absolute Gasteiger partial charge is 0.0107 e. The zero-order valence-corrected chi connectivity index (χ0v) is 15.6. The Morgan fingerprint density at radius 2 is 1.25 bits per heavy atom. The summed E-state index contributed by atoms with van der Waals surface area (Å²) in [5.41, 5.74) is 12.2. The van der Waals surface area contributed by atoms with E-state index in [-0.39, 0.29) is 12.8 Å². The number of hydrogen-bond acceptors (Lipinski definition) is 4. The number of nitrogens with one attached hydrogen (secondary N) is 1. The Labute approximate surface area is 161 Å². The van der Waals surface area contributed by atoms with Gasteiger partial charge in [-0.1, -0.05) is 5.92 Å². The Morgan fingerprint density at radius 3 is 1.58 bits per heavy atom. The molecule has 24 heavy (non-hydrogen) atoms. The standard InChI is InChI=1S/C9H23N3.C9H4.HN3.9H2/c1-10(2)6-8-12(5)9-7-11(3)4;1-3-5-7-9-8-6-4-2;1-3-2;;;;;;;;;/h6-9H2,1-5H3;1H,2H3;1H;9*1H. The maximum absolute atomic E-state index is 6.86. The molecule has 0 bridgehead atoms. The molecule has 0 radical (unpaired) electrons. The fourth-order valence-corrected chi connectivity index (χ4v) is 1.05. The van der Waals surface area contributed by atoms with Crippen LogP contribution in [0.25, 0.3) is 10.4 Å². The number of rotatable bonds is 6. The summed E-state index contributed by atoms with van der Waals surface area (Å²) in [5, 5.41) is 0. The maximum atomic E-state index is 6.86. The van der Waals surface area contributed by atoms with E-state index < -0.39 is 0 Å². The van der Waals surface area contributed by atoms with Crippen LogP contribution in [0.1, 0.15) is 19.8 Å². The van der Waals surface area contributed by atoms with E-state index in [1.54, 1.807) is 11.8 Å². The Kier molecular flexibility index (Phi) is 24.9. The van der Waals surface area contributed by atoms with Crippen molar-refractivity contribution in [2.45, 2.75) is 6.92 Å². The number of nitrogens with zero attached hydrogens (tertiary/aromatic N) is 5. The first kappa shape index (κ1) is 26.3. The van der Waals surface area contributed by atoms with Gasteiger partial charge in [-0.2, -0.15) is 0 Å². The normalized spacial score (nSPS) is 7.67. The summed E-state index contributed by atoms with van der Waals surface area (Å²) in [4.78, 5) is 8.54. The summed E-state index contributed by atoms with van der Waals surface area (Å²) in [7, 11) is 10.6. The van der Waals surface area contributed by atoms with E-state index in [0.29, 0.717) is 0 Å². The minimum Gasteiger partial charge on any atom is -0.308 e. The molecule has 0 aromatic carbocycles. The van der Waals surface area contributed by atoms with Gasteiger partial charge in [0.1, 0.15) is 0 Å². The lowest BCUT2D eigenvalue weighted by Crippen LogP contribution is -2.33. The Morgan fingerprint density at radius 1 is 0.875 bits per heavy atom. The van der Waals surface area contributed by atoms with Crippen molar-refractivity contribution in [3.05, 3.63) is 10.4 Å². The van der Waals surface area contributed by atoms with Crippen molar-refractivity contribution in [3.63, 3.8) is 0 Å². The van der Waals surface area contributed by atoms with Gasteiger partial charge in [0.25, 0.3) is 0 Å². The van der Waals surface area contributed by atoms with Crippen molar-refractivity contribution < 1.29 is 12.8 Å². The minimum absolute atomic E-state index is 0. The van der Waals surface area contributed by atoms with Crippen molar-refractivity contribution in [1.29, 1.82) is 5.53 Å². The number of likely N-dealkylation sites (N-methyl/N-ethyl adjacent to an activating group) is 3. The second-order valence-corrected chi connectivity index (χ2v) is 5.03. The van der Waals surface area contributed by atoms with Crippen molar-refractivity contribution in [1.82, 2.24) is 14.7 Å². The number of terminal acetylenes is 1. The van der Waals surface area contributed by atoms with E-state index in [0.717, 1.165) is 26.2 Å². The highest BCUT2D eigenvalue weighted by Gasteiger charge is 1.98. The molecule has 0 rings (SSSR count). The van der Waals surface area contributed by atoms with E-state index in [9.17, 15) is 0 Å². The van der Waals surface area contributed by atoms with Crippen LogP contribution in [0.5, 0.6) is 0 Å². The molecule has 0 atom stereocenters. The van der Waals surface area contributed by atoms with Gasteiger partial charge in [-0.3, -0.25) is 0 Å². The molecule has 0 unspecified atom stereocenters. The molecule has 1 N–H and O–H groups in total. The number of hydrogen-bond donors (Lipinski definition) is 1. The van der Waals surface area contributed by atoms with Crippen LogP contribution in [0, 0.1) is 53.4 Å². The van der Waals surface area contributed by atoms with Gasteiger partial charge in [0.15, 0.2) is 0 Å². The summed E-state index contributed by atoms with van der Waals surface area (Å²) in [6.45, 7) is 6.30. The van der Waals surface area contributed by atoms with Crippen LogP contribution in [0.15, 0.2) is 0 Å². The van der Waals surface area contributed by atoms with Gasteiger partial charge in [0, 0.05) is 39.0 Å². The van der Waals surface area contributed by atoms with Crippen LogP contribution in [-0.2, 0) is 0 Å². The largest absolute Gasteiger partial charge is 0.308 e. The predicted molar refractivity (Wildman–Crippen MR) is 121 cm³/mol. The summed E-state index contributed by atoms with van der Waals surface area (Å²) >= 11 is 0. The zero-order valence-electron chi connectivity index (χ0n) is 15.6. The first-order valence-electron chi connectivity index (χ1n) is 7.21. The molecular weight excluding hydrogens is 300 g/mol. The van der Waals surface area contributed by atoms with Crippen LogP contribution >= 0.6 is 0 Å². The molecule has 0 spiro atoms. The fourth-order valence-electron chi connectivity index (χ4n) is 1.05. The van der Waals surface area contributed by atoms with E-state index >= 15 is 0 Å². The molecule has 0 aliphatic heterocycles. The molecule has 0 saturated heterocycles. The quantitative estimate of drug-likeness (QED) is 0.344. The first-order valence-corrected chi connectivity index (χ1v) is 7.21. The SMILES string of the molecule is C#CC#CC#CC#CC.CN(C)CCN(C)CCN(C)C.[HH].[HH].[HH].[HH].[HH].[HH].[HH].[HH].[HH].[N-]=[N+]=N. The lowest BCUT2D eigenvalue weighted by molar-refractivity contribution is 0.254. The summed E-state index contributed by atoms with van der Waals surface area (Å²) in [6, 6.07) is 0. The Bertz CT molecular complexity index is 562. The Hall–Kier alpha value is -2.57. The fraction of sp³-hybridized carbons (Fsp3) is 0.556. The zero-order chi connectivity index (χ0) is 19.2. The van der Waals surface area contributed by atoms with Gasteiger partial charge in [-0.25, -0.2) is 0 Å². The van der Waals surface area contributed by atoms with Crippen molar-refractivity contribution in [3.8, 4) is 47.9 Å². The molecule has 6 nitrogen and oxygen atoms in total. The van der Waals surface area contributed by atoms with Gasteiger partial charge >= 0.3 is 0 Å². The minimum atomic E-state index is 0. The van der Waals surface area contributed by atoms with Gasteiger partial charge in [-0.15, -0.1) is 12.0 Å². The predicted octanol–water partition coefficient (Wildman–Crippen LogP) is 3.78. The molecule has 0 amide bonds. The summed E-state index contributed by atoms with van der Waals surface area (Å²) < 4.78 is 0. The van der Waals surface area contributed by atoms with E-state index in [2.05, 4.69) is 91.4 Å². The average Bonchev–Trinajstić information content (AvgIpc) is 2.52. The highest BCUT2D eigenvalue weighted by Crippen LogP contribution is 1.84. The van der Waals surface area contributed by atoms with Gasteiger partial charge in [0.2, 0.25) is 0 Å². The highest BCUT2D eigenvalue weighted by molar-refractivity contribution is 5.38. The second-order valence-electron chi connectivity index (χ2n) is 5.03. The molecule has 148 valence electrons. The van der Waals surface area contributed by atoms with Crippen LogP contribution in [0.4, 0.5) is 0 Å². The lowest BCUT2D eigenvalue weighted by Gasteiger charge is -2.20. The third kappa shape index (κ3) is 36.6. The maximum Gasteiger partial charge on any atom is 0.0107 e. The van der Waals surface area contributed by atoms with Crippen LogP contribution in [0.3, 0.4) is 0 Å². The summed E-state index contributed by atoms with van der Waals surface area (Å²) in [6.07, 6.45) is 4.82. The monoisotopic (exact) mass is 346 g/mol. The van der Waals surface area contributed by atoms with Gasteiger partial charge in [0.05, 0.1) is 0 Å². The molecule has 0 heterocycles. The van der Waals surface area contributed by atoms with Crippen molar-refractivity contribution >= 4 is 0 Å². The third-order valence-corrected chi connectivity index (χ3v) is 2.31. The van der Waals surface area contributed by atoms with Gasteiger partial charge < -0.3 is 14.7 Å². The average molecular weight is 347 g/mol.